The summed E-state index contributed by atoms with van der Waals surface area (Å²) in [6.45, 7) is -0.357. The Labute approximate surface area is 109 Å². The molecule has 4 nitrogen and oxygen atoms in total. The van der Waals surface area contributed by atoms with E-state index >= 15 is 0 Å². The Morgan fingerprint density at radius 2 is 1.95 bits per heavy atom. The largest absolute Gasteiger partial charge is 0.384 e. The number of piperidine rings is 1. The zero-order valence-corrected chi connectivity index (χ0v) is 10.1. The standard InChI is InChI=1S/C14H12FNO3/c15-12-9-11(7-6-10(12)3-2-8-17)16-13(18)4-1-5-14(16)19/h6-7,9,17H,1,4-5,8H2. The molecule has 0 radical (unpaired) electrons. The first kappa shape index (κ1) is 13.2. The summed E-state index contributed by atoms with van der Waals surface area (Å²) in [4.78, 5) is 24.4. The minimum absolute atomic E-state index is 0.120. The maximum Gasteiger partial charge on any atom is 0.233 e. The molecule has 5 heteroatoms. The van der Waals surface area contributed by atoms with Gasteiger partial charge in [-0.15, -0.1) is 0 Å². The lowest BCUT2D eigenvalue weighted by atomic mass is 10.1. The van der Waals surface area contributed by atoms with Crippen molar-refractivity contribution < 1.29 is 19.1 Å². The molecule has 0 unspecified atom stereocenters. The fourth-order valence-corrected chi connectivity index (χ4v) is 1.92. The van der Waals surface area contributed by atoms with E-state index < -0.39 is 5.82 Å². The highest BCUT2D eigenvalue weighted by molar-refractivity contribution is 6.16. The molecule has 1 heterocycles. The quantitative estimate of drug-likeness (QED) is 0.610. The van der Waals surface area contributed by atoms with Gasteiger partial charge in [0.05, 0.1) is 11.3 Å². The van der Waals surface area contributed by atoms with Crippen LogP contribution < -0.4 is 4.90 Å². The molecule has 0 atom stereocenters. The predicted octanol–water partition coefficient (Wildman–Crippen LogP) is 1.21. The smallest absolute Gasteiger partial charge is 0.233 e. The number of hydrogen-bond acceptors (Lipinski definition) is 3. The summed E-state index contributed by atoms with van der Waals surface area (Å²) in [7, 11) is 0. The normalized spacial score (nSPS) is 15.2. The highest BCUT2D eigenvalue weighted by atomic mass is 19.1. The van der Waals surface area contributed by atoms with Crippen LogP contribution in [0.3, 0.4) is 0 Å². The number of halogens is 1. The van der Waals surface area contributed by atoms with Gasteiger partial charge in [0, 0.05) is 12.8 Å². The van der Waals surface area contributed by atoms with E-state index in [4.69, 9.17) is 5.11 Å². The molecule has 2 amide bonds. The van der Waals surface area contributed by atoms with Crippen molar-refractivity contribution >= 4 is 17.5 Å². The molecule has 1 aromatic rings. The molecule has 98 valence electrons. The van der Waals surface area contributed by atoms with Crippen molar-refractivity contribution in [3.05, 3.63) is 29.6 Å². The molecule has 1 N–H and O–H groups in total. The van der Waals surface area contributed by atoms with Crippen LogP contribution in [0, 0.1) is 17.7 Å². The lowest BCUT2D eigenvalue weighted by molar-refractivity contribution is -0.129. The van der Waals surface area contributed by atoms with Gasteiger partial charge in [-0.25, -0.2) is 4.39 Å². The topological polar surface area (TPSA) is 57.6 Å². The van der Waals surface area contributed by atoms with Crippen molar-refractivity contribution in [3.8, 4) is 11.8 Å². The van der Waals surface area contributed by atoms with Crippen LogP contribution in [0.25, 0.3) is 0 Å². The molecule has 1 fully saturated rings. The van der Waals surface area contributed by atoms with Gasteiger partial charge in [0.2, 0.25) is 11.8 Å². The van der Waals surface area contributed by atoms with Gasteiger partial charge in [-0.05, 0) is 24.6 Å². The molecule has 1 saturated heterocycles. The monoisotopic (exact) mass is 261 g/mol. The van der Waals surface area contributed by atoms with E-state index in [-0.39, 0.29) is 29.7 Å². The minimum Gasteiger partial charge on any atom is -0.384 e. The van der Waals surface area contributed by atoms with Gasteiger partial charge in [0.15, 0.2) is 0 Å². The molecule has 19 heavy (non-hydrogen) atoms. The van der Waals surface area contributed by atoms with Crippen molar-refractivity contribution in [1.29, 1.82) is 0 Å². The zero-order valence-electron chi connectivity index (χ0n) is 10.1. The zero-order chi connectivity index (χ0) is 13.8. The highest BCUT2D eigenvalue weighted by Gasteiger charge is 2.27. The van der Waals surface area contributed by atoms with Gasteiger partial charge in [-0.1, -0.05) is 11.8 Å². The predicted molar refractivity (Wildman–Crippen MR) is 66.7 cm³/mol. The molecule has 1 aliphatic heterocycles. The summed E-state index contributed by atoms with van der Waals surface area (Å²) in [6, 6.07) is 3.98. The van der Waals surface area contributed by atoms with E-state index in [9.17, 15) is 14.0 Å². The van der Waals surface area contributed by atoms with Crippen LogP contribution in [0.5, 0.6) is 0 Å². The molecule has 0 aliphatic carbocycles. The van der Waals surface area contributed by atoms with E-state index in [1.165, 1.54) is 12.1 Å². The Kier molecular flexibility index (Phi) is 3.93. The number of nitrogens with zero attached hydrogens (tertiary/aromatic N) is 1. The third kappa shape index (κ3) is 2.80. The maximum atomic E-state index is 13.7. The third-order valence-corrected chi connectivity index (χ3v) is 2.79. The Morgan fingerprint density at radius 3 is 2.53 bits per heavy atom. The lowest BCUT2D eigenvalue weighted by Gasteiger charge is -2.24. The van der Waals surface area contributed by atoms with E-state index in [0.29, 0.717) is 19.3 Å². The fraction of sp³-hybridized carbons (Fsp3) is 0.286. The number of carbonyl (C=O) groups excluding carboxylic acids is 2. The summed E-state index contributed by atoms with van der Waals surface area (Å²) in [6.07, 6.45) is 1.12. The summed E-state index contributed by atoms with van der Waals surface area (Å²) in [5.74, 6) is 3.54. The lowest BCUT2D eigenvalue weighted by Crippen LogP contribution is -2.40. The Balaban J connectivity index is 2.33. The Morgan fingerprint density at radius 1 is 1.26 bits per heavy atom. The SMILES string of the molecule is O=C1CCCC(=O)N1c1ccc(C#CCO)c(F)c1. The molecular formula is C14H12FNO3. The minimum atomic E-state index is -0.621. The molecule has 0 aromatic heterocycles. The number of carbonyl (C=O) groups is 2. The van der Waals surface area contributed by atoms with Gasteiger partial charge >= 0.3 is 0 Å². The number of aliphatic hydroxyl groups is 1. The van der Waals surface area contributed by atoms with Crippen LogP contribution in [-0.2, 0) is 9.59 Å². The number of hydrogen-bond donors (Lipinski definition) is 1. The van der Waals surface area contributed by atoms with Crippen molar-refractivity contribution in [2.45, 2.75) is 19.3 Å². The first-order chi connectivity index (χ1) is 9.13. The number of imide groups is 1. The van der Waals surface area contributed by atoms with Crippen LogP contribution in [0.4, 0.5) is 10.1 Å². The Bertz CT molecular complexity index is 570. The molecule has 0 bridgehead atoms. The van der Waals surface area contributed by atoms with Crippen molar-refractivity contribution in [2.24, 2.45) is 0 Å². The summed E-state index contributed by atoms with van der Waals surface area (Å²) in [5.41, 5.74) is 0.344. The number of rotatable bonds is 1. The van der Waals surface area contributed by atoms with Gasteiger partial charge in [0.25, 0.3) is 0 Å². The summed E-state index contributed by atoms with van der Waals surface area (Å²) < 4.78 is 13.7. The second kappa shape index (κ2) is 5.63. The van der Waals surface area contributed by atoms with Gasteiger partial charge in [-0.3, -0.25) is 14.5 Å². The first-order valence-corrected chi connectivity index (χ1v) is 5.88. The number of amides is 2. The Hall–Kier alpha value is -2.19. The van der Waals surface area contributed by atoms with E-state index in [1.807, 2.05) is 0 Å². The van der Waals surface area contributed by atoms with Gasteiger partial charge in [0.1, 0.15) is 12.4 Å². The first-order valence-electron chi connectivity index (χ1n) is 5.88. The van der Waals surface area contributed by atoms with Crippen molar-refractivity contribution in [1.82, 2.24) is 0 Å². The second-order valence-corrected chi connectivity index (χ2v) is 4.10. The van der Waals surface area contributed by atoms with E-state index in [1.54, 1.807) is 0 Å². The van der Waals surface area contributed by atoms with Gasteiger partial charge < -0.3 is 5.11 Å². The molecular weight excluding hydrogens is 249 g/mol. The second-order valence-electron chi connectivity index (χ2n) is 4.10. The van der Waals surface area contributed by atoms with Gasteiger partial charge in [-0.2, -0.15) is 0 Å². The maximum absolute atomic E-state index is 13.7. The van der Waals surface area contributed by atoms with Crippen LogP contribution >= 0.6 is 0 Å². The van der Waals surface area contributed by atoms with Crippen molar-refractivity contribution in [2.75, 3.05) is 11.5 Å². The number of anilines is 1. The van der Waals surface area contributed by atoms with Crippen molar-refractivity contribution in [3.63, 3.8) is 0 Å². The highest BCUT2D eigenvalue weighted by Crippen LogP contribution is 2.23. The average Bonchev–Trinajstić information content (AvgIpc) is 2.37. The fourth-order valence-electron chi connectivity index (χ4n) is 1.92. The third-order valence-electron chi connectivity index (χ3n) is 2.79. The van der Waals surface area contributed by atoms with E-state index in [0.717, 1.165) is 11.0 Å². The number of aliphatic hydroxyl groups excluding tert-OH is 1. The molecule has 0 spiro atoms. The summed E-state index contributed by atoms with van der Waals surface area (Å²) >= 11 is 0. The summed E-state index contributed by atoms with van der Waals surface area (Å²) in [5, 5.41) is 8.55. The molecule has 1 aromatic carbocycles. The van der Waals surface area contributed by atoms with E-state index in [2.05, 4.69) is 11.8 Å². The molecule has 0 saturated carbocycles. The van der Waals surface area contributed by atoms with Crippen LogP contribution in [0.2, 0.25) is 0 Å². The van der Waals surface area contributed by atoms with Crippen LogP contribution in [0.1, 0.15) is 24.8 Å². The molecule has 1 aliphatic rings. The number of benzene rings is 1. The van der Waals surface area contributed by atoms with Crippen LogP contribution in [0.15, 0.2) is 18.2 Å². The average molecular weight is 261 g/mol. The van der Waals surface area contributed by atoms with Crippen LogP contribution in [-0.4, -0.2) is 23.5 Å². The molecule has 2 rings (SSSR count).